The molecule has 22 heavy (non-hydrogen) atoms. The molecule has 0 radical (unpaired) electrons. The monoisotopic (exact) mass is 315 g/mol. The Kier molecular flexibility index (Phi) is 4.19. The largest absolute Gasteiger partial charge is 0.478 e. The Labute approximate surface area is 134 Å². The molecule has 0 atom stereocenters. The van der Waals surface area contributed by atoms with Crippen molar-refractivity contribution in [3.8, 4) is 0 Å². The van der Waals surface area contributed by atoms with Gasteiger partial charge in [-0.3, -0.25) is 0 Å². The smallest absolute Gasteiger partial charge is 0.335 e. The second-order valence-corrected chi connectivity index (χ2v) is 6.33. The number of hydrogen-bond donors (Lipinski definition) is 2. The Bertz CT molecular complexity index is 678. The zero-order chi connectivity index (χ0) is 15.6. The van der Waals surface area contributed by atoms with E-state index in [1.807, 2.05) is 18.2 Å². The molecule has 2 aromatic carbocycles. The average Bonchev–Trinajstić information content (AvgIpc) is 3.29. The molecule has 0 aromatic heterocycles. The van der Waals surface area contributed by atoms with Crippen LogP contribution in [0.25, 0.3) is 0 Å². The van der Waals surface area contributed by atoms with E-state index in [9.17, 15) is 4.79 Å². The highest BCUT2D eigenvalue weighted by atomic mass is 35.5. The molecular weight excluding hydrogens is 298 g/mol. The molecule has 2 N–H and O–H groups in total. The predicted octanol–water partition coefficient (Wildman–Crippen LogP) is 3.86. The molecule has 4 heteroatoms. The summed E-state index contributed by atoms with van der Waals surface area (Å²) in [7, 11) is 0. The van der Waals surface area contributed by atoms with E-state index in [-0.39, 0.29) is 5.41 Å². The summed E-state index contributed by atoms with van der Waals surface area (Å²) in [4.78, 5) is 11.0. The fraction of sp³-hybridized carbons (Fsp3) is 0.278. The Morgan fingerprint density at radius 3 is 2.55 bits per heavy atom. The van der Waals surface area contributed by atoms with Crippen LogP contribution in [0.1, 0.15) is 34.3 Å². The molecule has 114 valence electrons. The zero-order valence-electron chi connectivity index (χ0n) is 12.2. The number of carbonyl (C=O) groups is 1. The molecule has 2 aromatic rings. The second-order valence-electron chi connectivity index (χ2n) is 5.90. The Morgan fingerprint density at radius 1 is 1.18 bits per heavy atom. The van der Waals surface area contributed by atoms with E-state index in [1.165, 1.54) is 18.4 Å². The molecule has 1 saturated carbocycles. The molecule has 0 heterocycles. The van der Waals surface area contributed by atoms with Gasteiger partial charge in [0.25, 0.3) is 0 Å². The summed E-state index contributed by atoms with van der Waals surface area (Å²) in [6, 6.07) is 15.1. The van der Waals surface area contributed by atoms with Gasteiger partial charge in [-0.15, -0.1) is 0 Å². The molecule has 1 fully saturated rings. The topological polar surface area (TPSA) is 49.3 Å². The predicted molar refractivity (Wildman–Crippen MR) is 87.5 cm³/mol. The summed E-state index contributed by atoms with van der Waals surface area (Å²) in [5, 5.41) is 13.2. The van der Waals surface area contributed by atoms with Crippen LogP contribution in [-0.2, 0) is 12.0 Å². The van der Waals surface area contributed by atoms with Crippen LogP contribution in [0.15, 0.2) is 48.5 Å². The van der Waals surface area contributed by atoms with E-state index in [2.05, 4.69) is 17.4 Å². The van der Waals surface area contributed by atoms with Crippen molar-refractivity contribution in [3.05, 3.63) is 70.2 Å². The van der Waals surface area contributed by atoms with Crippen LogP contribution in [0.5, 0.6) is 0 Å². The van der Waals surface area contributed by atoms with Crippen molar-refractivity contribution < 1.29 is 9.90 Å². The van der Waals surface area contributed by atoms with Crippen LogP contribution in [0.4, 0.5) is 0 Å². The Balaban J connectivity index is 1.60. The van der Waals surface area contributed by atoms with Crippen molar-refractivity contribution in [3.63, 3.8) is 0 Å². The van der Waals surface area contributed by atoms with Crippen LogP contribution >= 0.6 is 11.6 Å². The standard InChI is InChI=1S/C18H18ClNO2/c19-16-6-4-15(5-7-16)18(8-9-18)12-20-11-13-2-1-3-14(10-13)17(21)22/h1-7,10,20H,8-9,11-12H2,(H,21,22). The van der Waals surface area contributed by atoms with E-state index < -0.39 is 5.97 Å². The van der Waals surface area contributed by atoms with Gasteiger partial charge in [0.05, 0.1) is 5.56 Å². The minimum atomic E-state index is -0.887. The van der Waals surface area contributed by atoms with Gasteiger partial charge in [0.15, 0.2) is 0 Å². The van der Waals surface area contributed by atoms with Crippen molar-refractivity contribution in [2.75, 3.05) is 6.54 Å². The number of benzene rings is 2. The Morgan fingerprint density at radius 2 is 1.91 bits per heavy atom. The lowest BCUT2D eigenvalue weighted by Crippen LogP contribution is -2.26. The molecule has 1 aliphatic carbocycles. The van der Waals surface area contributed by atoms with Crippen LogP contribution in [0.3, 0.4) is 0 Å². The summed E-state index contributed by atoms with van der Waals surface area (Å²) in [5.74, 6) is -0.887. The van der Waals surface area contributed by atoms with Gasteiger partial charge in [-0.25, -0.2) is 4.79 Å². The third-order valence-electron chi connectivity index (χ3n) is 4.28. The fourth-order valence-corrected chi connectivity index (χ4v) is 2.91. The van der Waals surface area contributed by atoms with Gasteiger partial charge in [0, 0.05) is 23.5 Å². The molecule has 0 amide bonds. The molecule has 0 saturated heterocycles. The number of carboxylic acid groups (broad SMARTS) is 1. The first-order chi connectivity index (χ1) is 10.6. The van der Waals surface area contributed by atoms with Gasteiger partial charge in [0.1, 0.15) is 0 Å². The molecule has 0 unspecified atom stereocenters. The van der Waals surface area contributed by atoms with Gasteiger partial charge < -0.3 is 10.4 Å². The van der Waals surface area contributed by atoms with E-state index in [0.717, 1.165) is 17.1 Å². The average molecular weight is 316 g/mol. The minimum absolute atomic E-state index is 0.217. The summed E-state index contributed by atoms with van der Waals surface area (Å²) in [6.45, 7) is 1.57. The molecule has 1 aliphatic rings. The maximum atomic E-state index is 11.0. The number of hydrogen-bond acceptors (Lipinski definition) is 2. The van der Waals surface area contributed by atoms with Crippen molar-refractivity contribution in [1.29, 1.82) is 0 Å². The SMILES string of the molecule is O=C(O)c1cccc(CNCC2(c3ccc(Cl)cc3)CC2)c1. The number of nitrogens with one attached hydrogen (secondary N) is 1. The van der Waals surface area contributed by atoms with Gasteiger partial charge in [-0.1, -0.05) is 35.9 Å². The third kappa shape index (κ3) is 3.32. The third-order valence-corrected chi connectivity index (χ3v) is 4.53. The van der Waals surface area contributed by atoms with Crippen LogP contribution < -0.4 is 5.32 Å². The second kappa shape index (κ2) is 6.11. The van der Waals surface area contributed by atoms with Gasteiger partial charge >= 0.3 is 5.97 Å². The lowest BCUT2D eigenvalue weighted by Gasteiger charge is -2.17. The molecule has 0 spiro atoms. The summed E-state index contributed by atoms with van der Waals surface area (Å²) >= 11 is 5.94. The van der Waals surface area contributed by atoms with Crippen molar-refractivity contribution >= 4 is 17.6 Å². The van der Waals surface area contributed by atoms with Crippen molar-refractivity contribution in [1.82, 2.24) is 5.32 Å². The number of aromatic carboxylic acids is 1. The van der Waals surface area contributed by atoms with Gasteiger partial charge in [-0.2, -0.15) is 0 Å². The molecule has 0 aliphatic heterocycles. The fourth-order valence-electron chi connectivity index (χ4n) is 2.78. The van der Waals surface area contributed by atoms with Crippen molar-refractivity contribution in [2.45, 2.75) is 24.8 Å². The quantitative estimate of drug-likeness (QED) is 0.851. The Hall–Kier alpha value is -1.84. The van der Waals surface area contributed by atoms with E-state index >= 15 is 0 Å². The molecule has 0 bridgehead atoms. The van der Waals surface area contributed by atoms with Crippen LogP contribution in [0, 0.1) is 0 Å². The normalized spacial score (nSPS) is 15.5. The summed E-state index contributed by atoms with van der Waals surface area (Å²) in [5.41, 5.74) is 2.86. The van der Waals surface area contributed by atoms with Crippen LogP contribution in [-0.4, -0.2) is 17.6 Å². The lowest BCUT2D eigenvalue weighted by atomic mass is 9.96. The molecule has 3 rings (SSSR count). The van der Waals surface area contributed by atoms with Gasteiger partial charge in [0.2, 0.25) is 0 Å². The van der Waals surface area contributed by atoms with Crippen molar-refractivity contribution in [2.24, 2.45) is 0 Å². The van der Waals surface area contributed by atoms with Gasteiger partial charge in [-0.05, 0) is 48.2 Å². The highest BCUT2D eigenvalue weighted by Gasteiger charge is 2.43. The highest BCUT2D eigenvalue weighted by molar-refractivity contribution is 6.30. The summed E-state index contributed by atoms with van der Waals surface area (Å²) in [6.07, 6.45) is 2.35. The van der Waals surface area contributed by atoms with E-state index in [4.69, 9.17) is 16.7 Å². The van der Waals surface area contributed by atoms with E-state index in [0.29, 0.717) is 12.1 Å². The maximum Gasteiger partial charge on any atom is 0.335 e. The number of halogens is 1. The number of carboxylic acids is 1. The zero-order valence-corrected chi connectivity index (χ0v) is 12.9. The minimum Gasteiger partial charge on any atom is -0.478 e. The molecule has 3 nitrogen and oxygen atoms in total. The first-order valence-electron chi connectivity index (χ1n) is 7.38. The highest BCUT2D eigenvalue weighted by Crippen LogP contribution is 2.47. The molecular formula is C18H18ClNO2. The van der Waals surface area contributed by atoms with Crippen LogP contribution in [0.2, 0.25) is 5.02 Å². The van der Waals surface area contributed by atoms with E-state index in [1.54, 1.807) is 18.2 Å². The first-order valence-corrected chi connectivity index (χ1v) is 7.76. The first kappa shape index (κ1) is 15.1. The lowest BCUT2D eigenvalue weighted by molar-refractivity contribution is 0.0696. The number of rotatable bonds is 6. The summed E-state index contributed by atoms with van der Waals surface area (Å²) < 4.78 is 0. The maximum absolute atomic E-state index is 11.0.